The Morgan fingerprint density at radius 2 is 2.08 bits per heavy atom. The van der Waals surface area contributed by atoms with Crippen molar-refractivity contribution in [2.45, 2.75) is 43.7 Å². The molecule has 0 aromatic carbocycles. The molecule has 5 aliphatic rings. The van der Waals surface area contributed by atoms with Crippen LogP contribution >= 0.6 is 0 Å². The van der Waals surface area contributed by atoms with Gasteiger partial charge in [-0.2, -0.15) is 0 Å². The predicted molar refractivity (Wildman–Crippen MR) is 99.4 cm³/mol. The summed E-state index contributed by atoms with van der Waals surface area (Å²) in [5, 5.41) is 15.8. The number of ether oxygens (including phenoxy) is 1. The fraction of sp³-hybridized carbons (Fsp3) is 0.600. The third kappa shape index (κ3) is 2.14. The van der Waals surface area contributed by atoms with Crippen LogP contribution in [0.4, 0.5) is 5.69 Å². The normalized spacial score (nSPS) is 37.8. The van der Waals surface area contributed by atoms with Crippen molar-refractivity contribution in [3.05, 3.63) is 24.0 Å². The summed E-state index contributed by atoms with van der Waals surface area (Å²) in [5.74, 6) is 2.51. The molecule has 4 aliphatic carbocycles. The molecule has 4 fully saturated rings. The van der Waals surface area contributed by atoms with Crippen molar-refractivity contribution in [1.29, 1.82) is 0 Å². The molecule has 2 aromatic heterocycles. The Morgan fingerprint density at radius 3 is 2.81 bits per heavy atom. The number of aromatic amines is 1. The highest BCUT2D eigenvalue weighted by Gasteiger charge is 2.54. The number of H-pyrrole nitrogens is 1. The number of nitrogens with one attached hydrogen (secondary N) is 2. The molecule has 6 heteroatoms. The van der Waals surface area contributed by atoms with Crippen molar-refractivity contribution < 1.29 is 9.84 Å². The predicted octanol–water partition coefficient (Wildman–Crippen LogP) is 2.69. The van der Waals surface area contributed by atoms with Crippen LogP contribution in [0.1, 0.15) is 37.7 Å². The van der Waals surface area contributed by atoms with Gasteiger partial charge in [-0.15, -0.1) is 0 Å². The van der Waals surface area contributed by atoms with Crippen molar-refractivity contribution in [3.8, 4) is 0 Å². The van der Waals surface area contributed by atoms with Crippen molar-refractivity contribution in [2.24, 2.45) is 22.7 Å². The van der Waals surface area contributed by atoms with Crippen LogP contribution in [-0.4, -0.2) is 45.8 Å². The molecule has 3 heterocycles. The Balaban J connectivity index is 1.41. The van der Waals surface area contributed by atoms with Gasteiger partial charge in [-0.25, -0.2) is 9.98 Å². The number of aromatic nitrogens is 2. The fourth-order valence-electron chi connectivity index (χ4n) is 6.21. The number of aliphatic hydroxyl groups is 1. The van der Waals surface area contributed by atoms with Gasteiger partial charge in [0.1, 0.15) is 12.3 Å². The molecule has 2 aromatic rings. The van der Waals surface area contributed by atoms with Gasteiger partial charge < -0.3 is 20.1 Å². The first-order valence-electron chi connectivity index (χ1n) is 9.81. The number of hydrogen-bond donors (Lipinski definition) is 3. The number of pyridine rings is 1. The van der Waals surface area contributed by atoms with E-state index < -0.39 is 5.60 Å². The van der Waals surface area contributed by atoms with E-state index in [1.807, 2.05) is 12.4 Å². The zero-order valence-electron chi connectivity index (χ0n) is 14.7. The maximum absolute atomic E-state index is 10.9. The fourth-order valence-corrected chi connectivity index (χ4v) is 6.21. The monoisotopic (exact) mass is 352 g/mol. The molecule has 3 N–H and O–H groups in total. The summed E-state index contributed by atoms with van der Waals surface area (Å²) in [6.45, 7) is 1.35. The van der Waals surface area contributed by atoms with E-state index >= 15 is 0 Å². The molecule has 2 unspecified atom stereocenters. The Morgan fingerprint density at radius 1 is 1.23 bits per heavy atom. The molecule has 7 rings (SSSR count). The third-order valence-electron chi connectivity index (χ3n) is 6.95. The van der Waals surface area contributed by atoms with Gasteiger partial charge in [0.2, 0.25) is 5.90 Å². The average molecular weight is 352 g/mol. The van der Waals surface area contributed by atoms with Gasteiger partial charge in [0.05, 0.1) is 23.4 Å². The largest absolute Gasteiger partial charge is 0.475 e. The van der Waals surface area contributed by atoms with Gasteiger partial charge in [0, 0.05) is 23.8 Å². The van der Waals surface area contributed by atoms with Crippen molar-refractivity contribution in [1.82, 2.24) is 9.97 Å². The summed E-state index contributed by atoms with van der Waals surface area (Å²) in [4.78, 5) is 12.3. The highest BCUT2D eigenvalue weighted by molar-refractivity contribution is 6.07. The summed E-state index contributed by atoms with van der Waals surface area (Å²) in [6, 6.07) is 2.49. The molecule has 4 bridgehead atoms. The number of rotatable bonds is 3. The molecule has 0 amide bonds. The Bertz CT molecular complexity index is 888. The van der Waals surface area contributed by atoms with Crippen LogP contribution in [0.2, 0.25) is 0 Å². The molecule has 4 saturated carbocycles. The Hall–Kier alpha value is -2.08. The zero-order chi connectivity index (χ0) is 17.3. The summed E-state index contributed by atoms with van der Waals surface area (Å²) >= 11 is 0. The summed E-state index contributed by atoms with van der Waals surface area (Å²) in [6.07, 6.45) is 9.17. The number of nitrogens with zero attached hydrogens (tertiary/aromatic N) is 2. The smallest absolute Gasteiger partial charge is 0.220 e. The van der Waals surface area contributed by atoms with E-state index in [4.69, 9.17) is 4.74 Å². The van der Waals surface area contributed by atoms with E-state index in [1.54, 1.807) is 0 Å². The molecule has 26 heavy (non-hydrogen) atoms. The van der Waals surface area contributed by atoms with Crippen LogP contribution in [0, 0.1) is 17.8 Å². The minimum atomic E-state index is -0.405. The lowest BCUT2D eigenvalue weighted by Gasteiger charge is -2.58. The van der Waals surface area contributed by atoms with E-state index in [9.17, 15) is 5.11 Å². The second-order valence-electron chi connectivity index (χ2n) is 8.69. The highest BCUT2D eigenvalue weighted by Crippen LogP contribution is 2.56. The molecule has 0 saturated heterocycles. The van der Waals surface area contributed by atoms with Gasteiger partial charge in [-0.1, -0.05) is 0 Å². The van der Waals surface area contributed by atoms with E-state index in [-0.39, 0.29) is 0 Å². The zero-order valence-corrected chi connectivity index (χ0v) is 14.7. The first kappa shape index (κ1) is 15.0. The molecule has 136 valence electrons. The molecule has 1 aliphatic heterocycles. The van der Waals surface area contributed by atoms with Crippen molar-refractivity contribution in [2.75, 3.05) is 18.5 Å². The first-order chi connectivity index (χ1) is 12.7. The summed E-state index contributed by atoms with van der Waals surface area (Å²) in [7, 11) is 0. The minimum absolute atomic E-state index is 0.405. The molecular formula is C20H24N4O2. The topological polar surface area (TPSA) is 82.5 Å². The van der Waals surface area contributed by atoms with Crippen LogP contribution in [0.25, 0.3) is 11.0 Å². The molecule has 0 spiro atoms. The van der Waals surface area contributed by atoms with Gasteiger partial charge >= 0.3 is 0 Å². The van der Waals surface area contributed by atoms with Crippen molar-refractivity contribution >= 4 is 22.6 Å². The van der Waals surface area contributed by atoms with E-state index in [1.165, 1.54) is 12.8 Å². The van der Waals surface area contributed by atoms with Gasteiger partial charge in [-0.05, 0) is 55.9 Å². The lowest BCUT2D eigenvalue weighted by atomic mass is 9.52. The van der Waals surface area contributed by atoms with Crippen LogP contribution < -0.4 is 5.32 Å². The minimum Gasteiger partial charge on any atom is -0.475 e. The lowest BCUT2D eigenvalue weighted by molar-refractivity contribution is -0.129. The van der Waals surface area contributed by atoms with Gasteiger partial charge in [-0.3, -0.25) is 0 Å². The summed E-state index contributed by atoms with van der Waals surface area (Å²) < 4.78 is 5.75. The van der Waals surface area contributed by atoms with Crippen molar-refractivity contribution in [3.63, 3.8) is 0 Å². The van der Waals surface area contributed by atoms with Gasteiger partial charge in [0.25, 0.3) is 0 Å². The maximum Gasteiger partial charge on any atom is 0.220 e. The SMILES string of the molecule is O[C@]12CC3CC(C1)[C@@H](Nc1c(C4=NCCO4)cnc4[nH]ccc14)C(C3)C2. The molecule has 6 nitrogen and oxygen atoms in total. The maximum atomic E-state index is 10.9. The van der Waals surface area contributed by atoms with Crippen LogP contribution in [-0.2, 0) is 4.74 Å². The number of anilines is 1. The third-order valence-corrected chi connectivity index (χ3v) is 6.95. The van der Waals surface area contributed by atoms with Crippen LogP contribution in [0.5, 0.6) is 0 Å². The Kier molecular flexibility index (Phi) is 3.02. The average Bonchev–Trinajstić information content (AvgIpc) is 3.27. The molecule has 0 radical (unpaired) electrons. The van der Waals surface area contributed by atoms with Crippen LogP contribution in [0.15, 0.2) is 23.5 Å². The van der Waals surface area contributed by atoms with E-state index in [2.05, 4.69) is 26.3 Å². The number of hydrogen-bond acceptors (Lipinski definition) is 5. The highest BCUT2D eigenvalue weighted by atomic mass is 16.5. The number of fused-ring (bicyclic) bond motifs is 1. The molecule has 2 atom stereocenters. The standard InChI is InChI=1S/C20H24N4O2/c25-20-7-11-5-12(8-20)16(13(6-11)9-20)24-17-14-1-2-21-18(14)23-10-15(17)19-22-3-4-26-19/h1-2,10-13,16,25H,3-9H2,(H2,21,23,24)/t11?,12?,13?,16-,20-. The van der Waals surface area contributed by atoms with E-state index in [0.29, 0.717) is 42.8 Å². The molecular weight excluding hydrogens is 328 g/mol. The lowest BCUT2D eigenvalue weighted by Crippen LogP contribution is -2.59. The summed E-state index contributed by atoms with van der Waals surface area (Å²) in [5.41, 5.74) is 2.53. The van der Waals surface area contributed by atoms with E-state index in [0.717, 1.165) is 41.5 Å². The first-order valence-corrected chi connectivity index (χ1v) is 9.81. The number of aliphatic imine (C=N–C) groups is 1. The second kappa shape index (κ2) is 5.22. The van der Waals surface area contributed by atoms with Crippen LogP contribution in [0.3, 0.4) is 0 Å². The Labute approximate surface area is 152 Å². The van der Waals surface area contributed by atoms with Gasteiger partial charge in [0.15, 0.2) is 0 Å². The second-order valence-corrected chi connectivity index (χ2v) is 8.69. The quantitative estimate of drug-likeness (QED) is 0.793.